The van der Waals surface area contributed by atoms with Crippen LogP contribution in [-0.2, 0) is 0 Å². The number of rotatable bonds is 5. The Labute approximate surface area is 96.0 Å². The molecule has 0 spiro atoms. The number of aromatic nitrogens is 1. The van der Waals surface area contributed by atoms with E-state index in [-0.39, 0.29) is 0 Å². The Kier molecular flexibility index (Phi) is 3.47. The number of fused-ring (bicyclic) bond motifs is 1. The summed E-state index contributed by atoms with van der Waals surface area (Å²) in [6.45, 7) is 3.91. The van der Waals surface area contributed by atoms with E-state index in [0.29, 0.717) is 5.92 Å². The van der Waals surface area contributed by atoms with Gasteiger partial charge >= 0.3 is 0 Å². The van der Waals surface area contributed by atoms with Crippen molar-refractivity contribution in [2.45, 2.75) is 13.3 Å². The van der Waals surface area contributed by atoms with Gasteiger partial charge in [-0.25, -0.2) is 0 Å². The highest BCUT2D eigenvalue weighted by atomic mass is 14.9. The first kappa shape index (κ1) is 11.0. The van der Waals surface area contributed by atoms with Gasteiger partial charge in [-0.1, -0.05) is 25.1 Å². The zero-order valence-electron chi connectivity index (χ0n) is 9.66. The molecule has 3 heteroatoms. The van der Waals surface area contributed by atoms with Crippen molar-refractivity contribution in [2.75, 3.05) is 18.4 Å². The van der Waals surface area contributed by atoms with Gasteiger partial charge in [-0.05, 0) is 24.9 Å². The molecular weight excluding hydrogens is 198 g/mol. The van der Waals surface area contributed by atoms with E-state index in [1.54, 1.807) is 0 Å². The Morgan fingerprint density at radius 1 is 1.38 bits per heavy atom. The molecule has 0 bridgehead atoms. The molecule has 86 valence electrons. The van der Waals surface area contributed by atoms with Gasteiger partial charge in [-0.3, -0.25) is 0 Å². The van der Waals surface area contributed by atoms with E-state index in [1.165, 1.54) is 16.6 Å². The maximum Gasteiger partial charge on any atom is 0.0597 e. The SMILES string of the molecule is CC(CN)CCNc1c[nH]c2ccccc12. The first-order chi connectivity index (χ1) is 7.81. The number of anilines is 1. The van der Waals surface area contributed by atoms with Crippen LogP contribution >= 0.6 is 0 Å². The topological polar surface area (TPSA) is 53.8 Å². The second-order valence-electron chi connectivity index (χ2n) is 4.30. The molecule has 4 N–H and O–H groups in total. The monoisotopic (exact) mass is 217 g/mol. The third-order valence-corrected chi connectivity index (χ3v) is 2.94. The fraction of sp³-hybridized carbons (Fsp3) is 0.385. The quantitative estimate of drug-likeness (QED) is 0.721. The van der Waals surface area contributed by atoms with Crippen molar-refractivity contribution < 1.29 is 0 Å². The van der Waals surface area contributed by atoms with E-state index in [2.05, 4.69) is 35.4 Å². The van der Waals surface area contributed by atoms with E-state index in [1.807, 2.05) is 12.3 Å². The minimum Gasteiger partial charge on any atom is -0.383 e. The van der Waals surface area contributed by atoms with E-state index in [0.717, 1.165) is 19.5 Å². The fourth-order valence-electron chi connectivity index (χ4n) is 1.79. The lowest BCUT2D eigenvalue weighted by Gasteiger charge is -2.09. The van der Waals surface area contributed by atoms with Crippen LogP contribution in [-0.4, -0.2) is 18.1 Å². The maximum absolute atomic E-state index is 5.59. The van der Waals surface area contributed by atoms with Crippen LogP contribution in [0.5, 0.6) is 0 Å². The van der Waals surface area contributed by atoms with Crippen molar-refractivity contribution in [3.05, 3.63) is 30.5 Å². The number of nitrogens with one attached hydrogen (secondary N) is 2. The molecule has 0 saturated heterocycles. The molecule has 2 rings (SSSR count). The summed E-state index contributed by atoms with van der Waals surface area (Å²) in [6, 6.07) is 8.31. The van der Waals surface area contributed by atoms with Crippen LogP contribution < -0.4 is 11.1 Å². The molecule has 3 nitrogen and oxygen atoms in total. The van der Waals surface area contributed by atoms with Crippen LogP contribution in [0, 0.1) is 5.92 Å². The van der Waals surface area contributed by atoms with Gasteiger partial charge < -0.3 is 16.0 Å². The average Bonchev–Trinajstić information content (AvgIpc) is 2.73. The molecular formula is C13H19N3. The zero-order chi connectivity index (χ0) is 11.4. The zero-order valence-corrected chi connectivity index (χ0v) is 9.66. The molecule has 1 heterocycles. The number of hydrogen-bond donors (Lipinski definition) is 3. The van der Waals surface area contributed by atoms with Crippen molar-refractivity contribution in [3.8, 4) is 0 Å². The highest BCUT2D eigenvalue weighted by Gasteiger charge is 2.02. The Balaban J connectivity index is 1.99. The predicted octanol–water partition coefficient (Wildman–Crippen LogP) is 2.56. The molecule has 0 saturated carbocycles. The summed E-state index contributed by atoms with van der Waals surface area (Å²) in [7, 11) is 0. The molecule has 0 aliphatic heterocycles. The molecule has 1 aromatic heterocycles. The molecule has 0 amide bonds. The lowest BCUT2D eigenvalue weighted by Crippen LogP contribution is -2.14. The summed E-state index contributed by atoms with van der Waals surface area (Å²) in [5.74, 6) is 0.581. The summed E-state index contributed by atoms with van der Waals surface area (Å²) >= 11 is 0. The van der Waals surface area contributed by atoms with Crippen LogP contribution in [0.25, 0.3) is 10.9 Å². The van der Waals surface area contributed by atoms with E-state index in [9.17, 15) is 0 Å². The molecule has 0 radical (unpaired) electrons. The van der Waals surface area contributed by atoms with Gasteiger partial charge in [0.2, 0.25) is 0 Å². The van der Waals surface area contributed by atoms with Gasteiger partial charge in [0.25, 0.3) is 0 Å². The predicted molar refractivity (Wildman–Crippen MR) is 69.6 cm³/mol. The second-order valence-corrected chi connectivity index (χ2v) is 4.30. The van der Waals surface area contributed by atoms with E-state index >= 15 is 0 Å². The molecule has 2 aromatic rings. The molecule has 0 fully saturated rings. The molecule has 16 heavy (non-hydrogen) atoms. The minimum atomic E-state index is 0.581. The number of nitrogens with two attached hydrogens (primary N) is 1. The average molecular weight is 217 g/mol. The first-order valence-corrected chi connectivity index (χ1v) is 5.81. The third-order valence-electron chi connectivity index (χ3n) is 2.94. The van der Waals surface area contributed by atoms with Gasteiger partial charge in [0.1, 0.15) is 0 Å². The van der Waals surface area contributed by atoms with Crippen LogP contribution in [0.2, 0.25) is 0 Å². The van der Waals surface area contributed by atoms with Crippen molar-refractivity contribution in [2.24, 2.45) is 11.7 Å². The van der Waals surface area contributed by atoms with Gasteiger partial charge in [0, 0.05) is 23.6 Å². The number of hydrogen-bond acceptors (Lipinski definition) is 2. The summed E-state index contributed by atoms with van der Waals surface area (Å²) < 4.78 is 0. The number of para-hydroxylation sites is 1. The van der Waals surface area contributed by atoms with Crippen molar-refractivity contribution in [1.82, 2.24) is 4.98 Å². The normalized spacial score (nSPS) is 12.9. The summed E-state index contributed by atoms with van der Waals surface area (Å²) in [5, 5.41) is 4.70. The number of aromatic amines is 1. The smallest absolute Gasteiger partial charge is 0.0597 e. The molecule has 0 aliphatic rings. The van der Waals surface area contributed by atoms with E-state index < -0.39 is 0 Å². The maximum atomic E-state index is 5.59. The van der Waals surface area contributed by atoms with Gasteiger partial charge in [-0.15, -0.1) is 0 Å². The van der Waals surface area contributed by atoms with Crippen molar-refractivity contribution >= 4 is 16.6 Å². The molecule has 1 atom stereocenters. The summed E-state index contributed by atoms with van der Waals surface area (Å²) in [6.07, 6.45) is 3.13. The number of H-pyrrole nitrogens is 1. The van der Waals surface area contributed by atoms with Gasteiger partial charge in [-0.2, -0.15) is 0 Å². The Morgan fingerprint density at radius 3 is 3.00 bits per heavy atom. The number of benzene rings is 1. The largest absolute Gasteiger partial charge is 0.383 e. The summed E-state index contributed by atoms with van der Waals surface area (Å²) in [4.78, 5) is 3.25. The summed E-state index contributed by atoms with van der Waals surface area (Å²) in [5.41, 5.74) is 7.95. The highest BCUT2D eigenvalue weighted by molar-refractivity contribution is 5.92. The fourth-order valence-corrected chi connectivity index (χ4v) is 1.79. The van der Waals surface area contributed by atoms with Gasteiger partial charge in [0.05, 0.1) is 5.69 Å². The third kappa shape index (κ3) is 2.36. The van der Waals surface area contributed by atoms with Crippen molar-refractivity contribution in [1.29, 1.82) is 0 Å². The van der Waals surface area contributed by atoms with Crippen molar-refractivity contribution in [3.63, 3.8) is 0 Å². The molecule has 1 unspecified atom stereocenters. The second kappa shape index (κ2) is 5.03. The minimum absolute atomic E-state index is 0.581. The first-order valence-electron chi connectivity index (χ1n) is 5.81. The Bertz CT molecular complexity index is 447. The Morgan fingerprint density at radius 2 is 2.19 bits per heavy atom. The van der Waals surface area contributed by atoms with Crippen LogP contribution in [0.15, 0.2) is 30.5 Å². The lowest BCUT2D eigenvalue weighted by molar-refractivity contribution is 0.561. The van der Waals surface area contributed by atoms with Crippen LogP contribution in [0.4, 0.5) is 5.69 Å². The van der Waals surface area contributed by atoms with Crippen LogP contribution in [0.1, 0.15) is 13.3 Å². The van der Waals surface area contributed by atoms with Gasteiger partial charge in [0.15, 0.2) is 0 Å². The molecule has 1 aromatic carbocycles. The standard InChI is InChI=1S/C13H19N3/c1-10(8-14)6-7-15-13-9-16-12-5-3-2-4-11(12)13/h2-5,9-10,15-16H,6-8,14H2,1H3. The lowest BCUT2D eigenvalue weighted by atomic mass is 10.1. The Hall–Kier alpha value is -1.48. The molecule has 0 aliphatic carbocycles. The van der Waals surface area contributed by atoms with Crippen LogP contribution in [0.3, 0.4) is 0 Å². The highest BCUT2D eigenvalue weighted by Crippen LogP contribution is 2.22. The van der Waals surface area contributed by atoms with E-state index in [4.69, 9.17) is 5.73 Å².